The van der Waals surface area contributed by atoms with Crippen LogP contribution in [0.25, 0.3) is 27.8 Å². The third-order valence-corrected chi connectivity index (χ3v) is 2.97. The first-order valence-electron chi connectivity index (χ1n) is 6.06. The predicted molar refractivity (Wildman–Crippen MR) is 74.6 cm³/mol. The minimum absolute atomic E-state index is 0.104. The summed E-state index contributed by atoms with van der Waals surface area (Å²) in [6.45, 7) is 0. The molecule has 5 heteroatoms. The fourth-order valence-corrected chi connectivity index (χ4v) is 2.03. The van der Waals surface area contributed by atoms with Crippen LogP contribution in [0.5, 0.6) is 0 Å². The zero-order chi connectivity index (χ0) is 13.9. The molecule has 1 aromatic heterocycles. The molecule has 3 aromatic rings. The number of nitrogens with zero attached hydrogens (tertiary/aromatic N) is 3. The molecule has 20 heavy (non-hydrogen) atoms. The summed E-state index contributed by atoms with van der Waals surface area (Å²) in [6.07, 6.45) is 0. The standard InChI is InChI=1S/C15H10N4O/c16-19-14-13(10-6-2-1-3-7-10)17-11-8-4-5-9-12(11)18-15(14)20/h1-9H,(H,18,20). The smallest absolute Gasteiger partial charge is 0.360 e. The monoisotopic (exact) mass is 262 g/mol. The van der Waals surface area contributed by atoms with Crippen LogP contribution in [-0.4, -0.2) is 14.8 Å². The molecular weight excluding hydrogens is 252 g/mol. The third kappa shape index (κ3) is 2.02. The second-order valence-electron chi connectivity index (χ2n) is 4.25. The topological polar surface area (TPSA) is 82.2 Å². The molecule has 0 saturated heterocycles. The van der Waals surface area contributed by atoms with Gasteiger partial charge in [0, 0.05) is 5.56 Å². The van der Waals surface area contributed by atoms with E-state index >= 15 is 0 Å². The highest BCUT2D eigenvalue weighted by Crippen LogP contribution is 2.13. The molecule has 0 bridgehead atoms. The molecule has 0 aliphatic heterocycles. The highest BCUT2D eigenvalue weighted by atomic mass is 16.1. The molecule has 0 aliphatic carbocycles. The number of benzene rings is 2. The number of aromatic nitrogens is 2. The van der Waals surface area contributed by atoms with Gasteiger partial charge in [-0.1, -0.05) is 42.5 Å². The highest BCUT2D eigenvalue weighted by Gasteiger charge is 2.12. The molecule has 96 valence electrons. The van der Waals surface area contributed by atoms with Crippen LogP contribution >= 0.6 is 0 Å². The van der Waals surface area contributed by atoms with E-state index in [1.54, 1.807) is 18.2 Å². The summed E-state index contributed by atoms with van der Waals surface area (Å²) in [5.74, 6) is 0. The summed E-state index contributed by atoms with van der Waals surface area (Å²) in [5.41, 5.74) is 10.9. The van der Waals surface area contributed by atoms with Crippen molar-refractivity contribution in [3.05, 3.63) is 75.8 Å². The molecule has 0 atom stereocenters. The minimum atomic E-state index is -0.486. The molecule has 1 N–H and O–H groups in total. The molecule has 0 amide bonds. The summed E-state index contributed by atoms with van der Waals surface area (Å²) in [4.78, 5) is 22.3. The number of aromatic amines is 1. The lowest BCUT2D eigenvalue weighted by Gasteiger charge is -1.94. The van der Waals surface area contributed by atoms with Crippen LogP contribution in [0, 0.1) is 0 Å². The van der Waals surface area contributed by atoms with Gasteiger partial charge in [-0.3, -0.25) is 4.79 Å². The Bertz CT molecular complexity index is 925. The fraction of sp³-hybridized carbons (Fsp3) is 0. The van der Waals surface area contributed by atoms with Crippen LogP contribution in [0.2, 0.25) is 0 Å². The predicted octanol–water partition coefficient (Wildman–Crippen LogP) is 1.72. The molecule has 3 rings (SSSR count). The van der Waals surface area contributed by atoms with E-state index < -0.39 is 5.56 Å². The first-order chi connectivity index (χ1) is 9.79. The van der Waals surface area contributed by atoms with E-state index in [-0.39, 0.29) is 5.36 Å². The highest BCUT2D eigenvalue weighted by molar-refractivity contribution is 5.75. The number of fused-ring (bicyclic) bond motifs is 1. The fourth-order valence-electron chi connectivity index (χ4n) is 2.03. The van der Waals surface area contributed by atoms with Gasteiger partial charge >= 0.3 is 10.9 Å². The maximum absolute atomic E-state index is 12.1. The Balaban J connectivity index is 2.55. The summed E-state index contributed by atoms with van der Waals surface area (Å²) in [5, 5.41) is -0.104. The quantitative estimate of drug-likeness (QED) is 0.535. The maximum Gasteiger partial charge on any atom is 0.405 e. The molecule has 5 nitrogen and oxygen atoms in total. The van der Waals surface area contributed by atoms with E-state index in [2.05, 4.69) is 14.8 Å². The van der Waals surface area contributed by atoms with Crippen molar-refractivity contribution in [3.63, 3.8) is 0 Å². The van der Waals surface area contributed by atoms with Crippen molar-refractivity contribution >= 4 is 11.0 Å². The van der Waals surface area contributed by atoms with Gasteiger partial charge in [0.05, 0.1) is 11.0 Å². The zero-order valence-electron chi connectivity index (χ0n) is 10.4. The van der Waals surface area contributed by atoms with Crippen LogP contribution < -0.4 is 10.9 Å². The van der Waals surface area contributed by atoms with Gasteiger partial charge < -0.3 is 10.5 Å². The second kappa shape index (κ2) is 4.91. The van der Waals surface area contributed by atoms with Crippen LogP contribution in [0.15, 0.2) is 59.4 Å². The van der Waals surface area contributed by atoms with E-state index in [1.165, 1.54) is 0 Å². The van der Waals surface area contributed by atoms with Crippen molar-refractivity contribution in [2.45, 2.75) is 0 Å². The molecule has 0 saturated carbocycles. The van der Waals surface area contributed by atoms with Crippen LogP contribution in [0.4, 0.5) is 0 Å². The largest absolute Gasteiger partial charge is 0.405 e. The van der Waals surface area contributed by atoms with Gasteiger partial charge in [-0.2, -0.15) is 4.79 Å². The van der Waals surface area contributed by atoms with E-state index in [9.17, 15) is 4.79 Å². The average molecular weight is 262 g/mol. The number of rotatable bonds is 1. The molecule has 1 heterocycles. The van der Waals surface area contributed by atoms with E-state index in [1.807, 2.05) is 36.4 Å². The molecular formula is C15H10N4O. The van der Waals surface area contributed by atoms with Crippen molar-refractivity contribution in [1.29, 1.82) is 0 Å². The van der Waals surface area contributed by atoms with Gasteiger partial charge in [0.2, 0.25) is 0 Å². The Labute approximate surface area is 113 Å². The van der Waals surface area contributed by atoms with Crippen molar-refractivity contribution in [1.82, 2.24) is 9.97 Å². The Morgan fingerprint density at radius 1 is 1.00 bits per heavy atom. The number of hydrogen-bond acceptors (Lipinski definition) is 2. The summed E-state index contributed by atoms with van der Waals surface area (Å²) in [6, 6.07) is 16.3. The molecule has 0 spiro atoms. The molecule has 2 aromatic carbocycles. The zero-order valence-corrected chi connectivity index (χ0v) is 10.4. The van der Waals surface area contributed by atoms with Crippen LogP contribution in [-0.2, 0) is 0 Å². The Kier molecular flexibility index (Phi) is 2.95. The van der Waals surface area contributed by atoms with Crippen LogP contribution in [0.1, 0.15) is 0 Å². The lowest BCUT2D eigenvalue weighted by atomic mass is 10.1. The van der Waals surface area contributed by atoms with Gasteiger partial charge in [-0.15, -0.1) is 0 Å². The van der Waals surface area contributed by atoms with Gasteiger partial charge in [0.15, 0.2) is 5.69 Å². The van der Waals surface area contributed by atoms with Gasteiger partial charge in [-0.25, -0.2) is 4.98 Å². The van der Waals surface area contributed by atoms with E-state index in [4.69, 9.17) is 5.53 Å². The minimum Gasteiger partial charge on any atom is -0.360 e. The van der Waals surface area contributed by atoms with Crippen molar-refractivity contribution < 1.29 is 4.79 Å². The Morgan fingerprint density at radius 2 is 1.70 bits per heavy atom. The number of nitrogens with one attached hydrogen (secondary N) is 1. The number of hydrogen-bond donors (Lipinski definition) is 1. The van der Waals surface area contributed by atoms with Crippen molar-refractivity contribution in [2.24, 2.45) is 0 Å². The SMILES string of the molecule is [N-]=[N+]=c1c(-c2ccccc2)nc2ccccc2[nH]c1=O. The first-order valence-corrected chi connectivity index (χ1v) is 6.06. The Hall–Kier alpha value is -3.04. The van der Waals surface area contributed by atoms with E-state index in [0.717, 1.165) is 0 Å². The Morgan fingerprint density at radius 3 is 2.45 bits per heavy atom. The third-order valence-electron chi connectivity index (χ3n) is 2.97. The van der Waals surface area contributed by atoms with Gasteiger partial charge in [0.1, 0.15) is 0 Å². The number of para-hydroxylation sites is 2. The van der Waals surface area contributed by atoms with E-state index in [0.29, 0.717) is 22.3 Å². The van der Waals surface area contributed by atoms with Crippen molar-refractivity contribution in [3.8, 4) is 11.3 Å². The first kappa shape index (κ1) is 12.0. The van der Waals surface area contributed by atoms with Crippen molar-refractivity contribution in [2.75, 3.05) is 0 Å². The molecule has 0 unspecified atom stereocenters. The summed E-state index contributed by atoms with van der Waals surface area (Å²) in [7, 11) is 0. The molecule has 0 fully saturated rings. The summed E-state index contributed by atoms with van der Waals surface area (Å²) < 4.78 is 0. The lowest BCUT2D eigenvalue weighted by Crippen LogP contribution is -2.28. The normalized spacial score (nSPS) is 10.2. The average Bonchev–Trinajstić information content (AvgIpc) is 2.63. The summed E-state index contributed by atoms with van der Waals surface area (Å²) >= 11 is 0. The maximum atomic E-state index is 12.1. The van der Waals surface area contributed by atoms with Gasteiger partial charge in [-0.05, 0) is 12.1 Å². The number of H-pyrrole nitrogens is 1. The van der Waals surface area contributed by atoms with Gasteiger partial charge in [0.25, 0.3) is 0 Å². The second-order valence-corrected chi connectivity index (χ2v) is 4.25. The lowest BCUT2D eigenvalue weighted by molar-refractivity contribution is -0.0665. The molecule has 0 aliphatic rings. The molecule has 0 radical (unpaired) electrons. The van der Waals surface area contributed by atoms with Crippen LogP contribution in [0.3, 0.4) is 0 Å².